The van der Waals surface area contributed by atoms with Crippen LogP contribution in [0.4, 0.5) is 0 Å². The first-order chi connectivity index (χ1) is 4.70. The van der Waals surface area contributed by atoms with E-state index >= 15 is 0 Å². The Morgan fingerprint density at radius 1 is 1.90 bits per heavy atom. The first-order valence-electron chi connectivity index (χ1n) is 2.30. The maximum absolute atomic E-state index is 10.1. The van der Waals surface area contributed by atoms with Crippen molar-refractivity contribution < 1.29 is 9.90 Å². The molecule has 0 saturated carbocycles. The molecule has 0 spiro atoms. The average Bonchev–Trinajstić information content (AvgIpc) is 2.15. The number of halogens is 1. The summed E-state index contributed by atoms with van der Waals surface area (Å²) in [7, 11) is 0. The zero-order valence-electron chi connectivity index (χ0n) is 4.73. The van der Waals surface area contributed by atoms with Crippen molar-refractivity contribution in [1.82, 2.24) is 5.01 Å². The lowest BCUT2D eigenvalue weighted by Gasteiger charge is -2.07. The highest BCUT2D eigenvalue weighted by Gasteiger charge is 2.13. The average molecular weight is 273 g/mol. The van der Waals surface area contributed by atoms with Crippen molar-refractivity contribution in [2.45, 2.75) is 0 Å². The van der Waals surface area contributed by atoms with Gasteiger partial charge >= 0.3 is 5.97 Å². The van der Waals surface area contributed by atoms with Crippen LogP contribution in [0.2, 0.25) is 0 Å². The Balaban J connectivity index is 2.51. The third-order valence-corrected chi connectivity index (χ3v) is 2.89. The van der Waals surface area contributed by atoms with Crippen molar-refractivity contribution in [2.75, 3.05) is 6.54 Å². The van der Waals surface area contributed by atoms with E-state index in [0.717, 1.165) is 0 Å². The van der Waals surface area contributed by atoms with Gasteiger partial charge < -0.3 is 5.11 Å². The van der Waals surface area contributed by atoms with Gasteiger partial charge in [0.05, 0.1) is 21.0 Å². The highest BCUT2D eigenvalue weighted by atomic mass is 127. The molecule has 0 bridgehead atoms. The van der Waals surface area contributed by atoms with E-state index in [1.165, 1.54) is 5.01 Å². The zero-order valence-corrected chi connectivity index (χ0v) is 7.78. The van der Waals surface area contributed by atoms with E-state index in [1.54, 1.807) is 0 Å². The van der Waals surface area contributed by atoms with E-state index in [4.69, 9.17) is 5.11 Å². The predicted octanol–water partition coefficient (Wildman–Crippen LogP) is 0.657. The summed E-state index contributed by atoms with van der Waals surface area (Å²) in [6, 6.07) is 0. The van der Waals surface area contributed by atoms with Crippen LogP contribution in [0.3, 0.4) is 0 Å². The largest absolute Gasteiger partial charge is 0.480 e. The highest BCUT2D eigenvalue weighted by Crippen LogP contribution is 2.18. The monoisotopic (exact) mass is 273 g/mol. The number of carbonyl (C=O) groups is 1. The smallest absolute Gasteiger partial charge is 0.325 e. The minimum absolute atomic E-state index is 0.137. The van der Waals surface area contributed by atoms with Gasteiger partial charge in [0, 0.05) is 0 Å². The lowest BCUT2D eigenvalue weighted by atomic mass is 10.6. The van der Waals surface area contributed by atoms with E-state index in [1.807, 2.05) is 0 Å². The SMILES string of the molecule is O=C(O)CN1N=NI=C1S. The van der Waals surface area contributed by atoms with Gasteiger partial charge in [-0.15, -0.1) is 16.0 Å². The third kappa shape index (κ3) is 1.90. The van der Waals surface area contributed by atoms with Crippen LogP contribution in [-0.4, -0.2) is 25.6 Å². The Hall–Kier alpha value is -0.180. The number of carboxylic acid groups (broad SMARTS) is 1. The van der Waals surface area contributed by atoms with Crippen molar-refractivity contribution in [3.63, 3.8) is 0 Å². The van der Waals surface area contributed by atoms with Crippen molar-refractivity contribution in [3.8, 4) is 0 Å². The van der Waals surface area contributed by atoms with E-state index in [9.17, 15) is 4.79 Å². The van der Waals surface area contributed by atoms with Crippen LogP contribution in [0.5, 0.6) is 0 Å². The molecular formula is C3H4IN3O2S. The van der Waals surface area contributed by atoms with Crippen LogP contribution in [0.25, 0.3) is 0 Å². The number of thiol groups is 1. The second-order valence-corrected chi connectivity index (χ2v) is 4.68. The zero-order chi connectivity index (χ0) is 7.56. The van der Waals surface area contributed by atoms with Gasteiger partial charge in [-0.2, -0.15) is 0 Å². The van der Waals surface area contributed by atoms with E-state index in [0.29, 0.717) is 2.96 Å². The number of hydrogen-bond donors (Lipinski definition) is 2. The number of aliphatic carboxylic acids is 1. The summed E-state index contributed by atoms with van der Waals surface area (Å²) in [5.41, 5.74) is 0. The molecule has 0 aliphatic carbocycles. The van der Waals surface area contributed by atoms with Crippen LogP contribution in [-0.2, 0) is 4.79 Å². The molecule has 56 valence electrons. The Labute approximate surface area is 72.6 Å². The summed E-state index contributed by atoms with van der Waals surface area (Å²) >= 11 is 3.51. The van der Waals surface area contributed by atoms with Crippen LogP contribution in [0.1, 0.15) is 0 Å². The molecule has 5 nitrogen and oxygen atoms in total. The molecule has 1 aliphatic heterocycles. The molecule has 0 atom stereocenters. The fraction of sp³-hybridized carbons (Fsp3) is 0.333. The molecule has 0 amide bonds. The normalized spacial score (nSPS) is 16.5. The van der Waals surface area contributed by atoms with Gasteiger partial charge in [-0.05, 0) is 0 Å². The summed E-state index contributed by atoms with van der Waals surface area (Å²) in [5.74, 6) is -0.920. The molecule has 0 radical (unpaired) electrons. The molecule has 0 aromatic heterocycles. The molecule has 0 unspecified atom stereocenters. The number of nitrogens with zero attached hydrogens (tertiary/aromatic N) is 3. The molecular weight excluding hydrogens is 269 g/mol. The molecule has 10 heavy (non-hydrogen) atoms. The topological polar surface area (TPSA) is 65.3 Å². The maximum Gasteiger partial charge on any atom is 0.325 e. The predicted molar refractivity (Wildman–Crippen MR) is 47.2 cm³/mol. The molecule has 1 N–H and O–H groups in total. The van der Waals surface area contributed by atoms with Crippen molar-refractivity contribution in [2.24, 2.45) is 8.55 Å². The van der Waals surface area contributed by atoms with Gasteiger partial charge in [0.1, 0.15) is 9.51 Å². The van der Waals surface area contributed by atoms with Gasteiger partial charge in [0.25, 0.3) is 0 Å². The summed E-state index contributed by atoms with van der Waals surface area (Å²) in [4.78, 5) is 10.1. The van der Waals surface area contributed by atoms with Gasteiger partial charge in [0.2, 0.25) is 0 Å². The van der Waals surface area contributed by atoms with Crippen molar-refractivity contribution >= 4 is 42.6 Å². The first kappa shape index (κ1) is 7.92. The van der Waals surface area contributed by atoms with Gasteiger partial charge in [-0.3, -0.25) is 4.79 Å². The number of rotatable bonds is 2. The first-order valence-corrected chi connectivity index (χ1v) is 4.79. The van der Waals surface area contributed by atoms with Gasteiger partial charge in [-0.1, -0.05) is 5.22 Å². The molecule has 1 rings (SSSR count). The summed E-state index contributed by atoms with van der Waals surface area (Å²) in [5, 5.41) is 13.2. The van der Waals surface area contributed by atoms with E-state index < -0.39 is 27.0 Å². The highest BCUT2D eigenvalue weighted by molar-refractivity contribution is 14.2. The fourth-order valence-electron chi connectivity index (χ4n) is 0.397. The van der Waals surface area contributed by atoms with E-state index in [2.05, 4.69) is 21.2 Å². The standard InChI is InChI=1S/C3H4IN3O2S/c8-2(9)1-7-3(10)4-5-6-7/h10H,1H2,(H,8,9). The molecule has 0 aromatic rings. The number of carboxylic acids is 1. The third-order valence-electron chi connectivity index (χ3n) is 0.753. The Bertz CT molecular complexity index is 216. The molecule has 0 fully saturated rings. The Morgan fingerprint density at radius 3 is 3.00 bits per heavy atom. The van der Waals surface area contributed by atoms with E-state index in [-0.39, 0.29) is 6.54 Å². The van der Waals surface area contributed by atoms with Crippen LogP contribution >= 0.6 is 33.6 Å². The molecule has 0 aromatic carbocycles. The van der Waals surface area contributed by atoms with Crippen molar-refractivity contribution in [1.29, 1.82) is 0 Å². The molecule has 1 aliphatic rings. The lowest BCUT2D eigenvalue weighted by Crippen LogP contribution is -2.24. The Kier molecular flexibility index (Phi) is 2.60. The minimum atomic E-state index is -0.920. The summed E-state index contributed by atoms with van der Waals surface area (Å²) < 4.78 is 4.36. The van der Waals surface area contributed by atoms with Crippen LogP contribution in [0, 0.1) is 0 Å². The van der Waals surface area contributed by atoms with Crippen LogP contribution in [0.15, 0.2) is 8.55 Å². The number of hydrogen-bond acceptors (Lipinski definition) is 5. The molecule has 0 saturated heterocycles. The lowest BCUT2D eigenvalue weighted by molar-refractivity contribution is -0.137. The van der Waals surface area contributed by atoms with Crippen molar-refractivity contribution in [3.05, 3.63) is 0 Å². The van der Waals surface area contributed by atoms with Gasteiger partial charge in [0.15, 0.2) is 0 Å². The minimum Gasteiger partial charge on any atom is -0.480 e. The second-order valence-electron chi connectivity index (χ2n) is 1.47. The van der Waals surface area contributed by atoms with Crippen LogP contribution < -0.4 is 0 Å². The molecule has 1 heterocycles. The maximum atomic E-state index is 10.1. The summed E-state index contributed by atoms with van der Waals surface area (Å²) in [6.07, 6.45) is 0. The Morgan fingerprint density at radius 2 is 2.60 bits per heavy atom. The van der Waals surface area contributed by atoms with Gasteiger partial charge in [-0.25, -0.2) is 5.01 Å². The quantitative estimate of drug-likeness (QED) is 0.573. The summed E-state index contributed by atoms with van der Waals surface area (Å²) in [6.45, 7) is -0.137. The fourth-order valence-corrected chi connectivity index (χ4v) is 1.77. The second kappa shape index (κ2) is 3.28. The molecule has 7 heteroatoms.